The minimum Gasteiger partial charge on any atom is -0.455 e. The molecule has 0 radical (unpaired) electrons. The van der Waals surface area contributed by atoms with Crippen LogP contribution in [0.25, 0.3) is 0 Å². The molecule has 3 aromatic rings. The van der Waals surface area contributed by atoms with E-state index in [1.807, 2.05) is 72.8 Å². The molecule has 3 aromatic carbocycles. The summed E-state index contributed by atoms with van der Waals surface area (Å²) in [5, 5.41) is 2.96. The molecule has 1 heterocycles. The normalized spacial score (nSPS) is 15.2. The van der Waals surface area contributed by atoms with Crippen molar-refractivity contribution in [2.45, 2.75) is 18.6 Å². The van der Waals surface area contributed by atoms with E-state index in [9.17, 15) is 13.2 Å². The first-order valence-electron chi connectivity index (χ1n) is 10.7. The van der Waals surface area contributed by atoms with E-state index in [0.717, 1.165) is 5.56 Å². The van der Waals surface area contributed by atoms with Crippen LogP contribution in [0.4, 0.5) is 5.69 Å². The zero-order valence-corrected chi connectivity index (χ0v) is 18.5. The minimum atomic E-state index is -3.40. The van der Waals surface area contributed by atoms with Crippen LogP contribution in [0.1, 0.15) is 18.4 Å². The standard InChI is InChI=1S/C25H26N2O4S/c28-25(26-23-13-7-8-14-24(23)31-22-11-5-2-6-12-22)21-15-17-27(18-16-21)32(29,30)19-20-9-3-1-4-10-20/h1-14,21H,15-19H2,(H,26,28). The van der Waals surface area contributed by atoms with Crippen LogP contribution in [0, 0.1) is 5.92 Å². The van der Waals surface area contributed by atoms with Gasteiger partial charge in [0.25, 0.3) is 0 Å². The van der Waals surface area contributed by atoms with Crippen molar-refractivity contribution in [3.8, 4) is 11.5 Å². The molecule has 7 heteroatoms. The lowest BCUT2D eigenvalue weighted by Crippen LogP contribution is -2.41. The summed E-state index contributed by atoms with van der Waals surface area (Å²) in [6.07, 6.45) is 0.975. The number of rotatable bonds is 7. The molecule has 0 unspecified atom stereocenters. The third-order valence-electron chi connectivity index (χ3n) is 5.53. The third-order valence-corrected chi connectivity index (χ3v) is 7.38. The van der Waals surface area contributed by atoms with Gasteiger partial charge in [-0.05, 0) is 42.7 Å². The Hall–Kier alpha value is -3.16. The molecule has 1 amide bonds. The maximum Gasteiger partial charge on any atom is 0.227 e. The maximum absolute atomic E-state index is 12.9. The number of carbonyl (C=O) groups excluding carboxylic acids is 1. The van der Waals surface area contributed by atoms with E-state index in [1.54, 1.807) is 12.1 Å². The first-order chi connectivity index (χ1) is 15.5. The highest BCUT2D eigenvalue weighted by Gasteiger charge is 2.31. The lowest BCUT2D eigenvalue weighted by Gasteiger charge is -2.30. The Morgan fingerprint density at radius 2 is 1.47 bits per heavy atom. The van der Waals surface area contributed by atoms with Gasteiger partial charge in [-0.25, -0.2) is 12.7 Å². The van der Waals surface area contributed by atoms with Gasteiger partial charge in [0.15, 0.2) is 5.75 Å². The summed E-state index contributed by atoms with van der Waals surface area (Å²) in [5.41, 5.74) is 1.36. The van der Waals surface area contributed by atoms with Crippen LogP contribution in [-0.2, 0) is 20.6 Å². The Morgan fingerprint density at radius 1 is 0.875 bits per heavy atom. The molecule has 0 saturated carbocycles. The van der Waals surface area contributed by atoms with Crippen LogP contribution < -0.4 is 10.1 Å². The summed E-state index contributed by atoms with van der Waals surface area (Å²) in [5.74, 6) is 0.868. The van der Waals surface area contributed by atoms with Gasteiger partial charge in [-0.1, -0.05) is 60.7 Å². The van der Waals surface area contributed by atoms with E-state index in [2.05, 4.69) is 5.32 Å². The summed E-state index contributed by atoms with van der Waals surface area (Å²) in [6.45, 7) is 0.685. The van der Waals surface area contributed by atoms with Crippen molar-refractivity contribution in [3.05, 3.63) is 90.5 Å². The molecule has 4 rings (SSSR count). The molecule has 0 atom stereocenters. The van der Waals surface area contributed by atoms with Crippen LogP contribution in [0.15, 0.2) is 84.9 Å². The van der Waals surface area contributed by atoms with E-state index in [0.29, 0.717) is 43.1 Å². The van der Waals surface area contributed by atoms with E-state index < -0.39 is 10.0 Å². The molecule has 0 aromatic heterocycles. The third kappa shape index (κ3) is 5.55. The lowest BCUT2D eigenvalue weighted by atomic mass is 9.97. The molecule has 6 nitrogen and oxygen atoms in total. The average Bonchev–Trinajstić information content (AvgIpc) is 2.81. The number of hydrogen-bond acceptors (Lipinski definition) is 4. The van der Waals surface area contributed by atoms with E-state index in [-0.39, 0.29) is 17.6 Å². The molecule has 1 saturated heterocycles. The molecular formula is C25H26N2O4S. The molecule has 1 N–H and O–H groups in total. The number of sulfonamides is 1. The first kappa shape index (κ1) is 22.0. The van der Waals surface area contributed by atoms with Gasteiger partial charge in [0.1, 0.15) is 5.75 Å². The van der Waals surface area contributed by atoms with Crippen molar-refractivity contribution in [1.29, 1.82) is 0 Å². The number of nitrogens with one attached hydrogen (secondary N) is 1. The highest BCUT2D eigenvalue weighted by atomic mass is 32.2. The molecule has 1 aliphatic rings. The van der Waals surface area contributed by atoms with Gasteiger partial charge >= 0.3 is 0 Å². The quantitative estimate of drug-likeness (QED) is 0.568. The number of para-hydroxylation sites is 3. The molecule has 1 aliphatic heterocycles. The van der Waals surface area contributed by atoms with Crippen LogP contribution in [0.5, 0.6) is 11.5 Å². The maximum atomic E-state index is 12.9. The summed E-state index contributed by atoms with van der Waals surface area (Å²) in [4.78, 5) is 12.9. The van der Waals surface area contributed by atoms with E-state index >= 15 is 0 Å². The molecule has 0 bridgehead atoms. The fraction of sp³-hybridized carbons (Fsp3) is 0.240. The van der Waals surface area contributed by atoms with E-state index in [4.69, 9.17) is 4.74 Å². The van der Waals surface area contributed by atoms with Crippen molar-refractivity contribution >= 4 is 21.6 Å². The van der Waals surface area contributed by atoms with Gasteiger partial charge in [0.05, 0.1) is 11.4 Å². The second-order valence-corrected chi connectivity index (χ2v) is 9.78. The van der Waals surface area contributed by atoms with Crippen LogP contribution in [0.3, 0.4) is 0 Å². The van der Waals surface area contributed by atoms with Gasteiger partial charge in [-0.15, -0.1) is 0 Å². The second kappa shape index (κ2) is 9.97. The monoisotopic (exact) mass is 450 g/mol. The molecule has 1 fully saturated rings. The number of carbonyl (C=O) groups is 1. The Balaban J connectivity index is 1.35. The average molecular weight is 451 g/mol. The highest BCUT2D eigenvalue weighted by Crippen LogP contribution is 2.30. The number of hydrogen-bond donors (Lipinski definition) is 1. The second-order valence-electron chi connectivity index (χ2n) is 7.82. The predicted octanol–water partition coefficient (Wildman–Crippen LogP) is 4.66. The summed E-state index contributed by atoms with van der Waals surface area (Å²) in [7, 11) is -3.40. The van der Waals surface area contributed by atoms with Gasteiger partial charge in [0, 0.05) is 19.0 Å². The van der Waals surface area contributed by atoms with Gasteiger partial charge in [-0.2, -0.15) is 0 Å². The number of anilines is 1. The van der Waals surface area contributed by atoms with Gasteiger partial charge in [-0.3, -0.25) is 4.79 Å². The zero-order valence-electron chi connectivity index (χ0n) is 17.7. The van der Waals surface area contributed by atoms with Crippen molar-refractivity contribution < 1.29 is 17.9 Å². The van der Waals surface area contributed by atoms with Gasteiger partial charge < -0.3 is 10.1 Å². The number of piperidine rings is 1. The number of nitrogens with zero attached hydrogens (tertiary/aromatic N) is 1. The fourth-order valence-corrected chi connectivity index (χ4v) is 5.34. The van der Waals surface area contributed by atoms with Crippen LogP contribution in [0.2, 0.25) is 0 Å². The number of ether oxygens (including phenoxy) is 1. The summed E-state index contributed by atoms with van der Waals surface area (Å²) >= 11 is 0. The molecule has 32 heavy (non-hydrogen) atoms. The molecular weight excluding hydrogens is 424 g/mol. The van der Waals surface area contributed by atoms with Crippen molar-refractivity contribution in [3.63, 3.8) is 0 Å². The molecule has 0 aliphatic carbocycles. The summed E-state index contributed by atoms with van der Waals surface area (Å²) in [6, 6.07) is 25.8. The first-order valence-corrected chi connectivity index (χ1v) is 12.3. The Kier molecular flexibility index (Phi) is 6.87. The highest BCUT2D eigenvalue weighted by molar-refractivity contribution is 7.88. The van der Waals surface area contributed by atoms with Crippen LogP contribution >= 0.6 is 0 Å². The topological polar surface area (TPSA) is 75.7 Å². The van der Waals surface area contributed by atoms with Crippen molar-refractivity contribution in [2.75, 3.05) is 18.4 Å². The summed E-state index contributed by atoms with van der Waals surface area (Å²) < 4.78 is 32.9. The van der Waals surface area contributed by atoms with E-state index in [1.165, 1.54) is 4.31 Å². The number of amides is 1. The van der Waals surface area contributed by atoms with Gasteiger partial charge in [0.2, 0.25) is 15.9 Å². The van der Waals surface area contributed by atoms with Crippen molar-refractivity contribution in [2.24, 2.45) is 5.92 Å². The zero-order chi connectivity index (χ0) is 22.4. The Labute approximate surface area is 188 Å². The lowest BCUT2D eigenvalue weighted by molar-refractivity contribution is -0.120. The Morgan fingerprint density at radius 3 is 2.16 bits per heavy atom. The minimum absolute atomic E-state index is 0.0189. The smallest absolute Gasteiger partial charge is 0.227 e. The number of benzene rings is 3. The SMILES string of the molecule is O=C(Nc1ccccc1Oc1ccccc1)C1CCN(S(=O)(=O)Cc2ccccc2)CC1. The molecule has 0 spiro atoms. The Bertz CT molecular complexity index is 1140. The fourth-order valence-electron chi connectivity index (χ4n) is 3.78. The van der Waals surface area contributed by atoms with Crippen molar-refractivity contribution in [1.82, 2.24) is 4.31 Å². The molecule has 166 valence electrons. The largest absolute Gasteiger partial charge is 0.455 e. The van der Waals surface area contributed by atoms with Crippen LogP contribution in [-0.4, -0.2) is 31.7 Å². The predicted molar refractivity (Wildman–Crippen MR) is 125 cm³/mol.